The molecule has 0 unspecified atom stereocenters. The van der Waals surface area contributed by atoms with Crippen molar-refractivity contribution >= 4 is 38.9 Å². The van der Waals surface area contributed by atoms with Crippen molar-refractivity contribution in [1.29, 1.82) is 0 Å². The van der Waals surface area contributed by atoms with Gasteiger partial charge in [0.1, 0.15) is 16.9 Å². The molecule has 0 saturated heterocycles. The molecule has 0 aliphatic carbocycles. The third-order valence-electron chi connectivity index (χ3n) is 2.98. The number of fused-ring (bicyclic) bond motifs is 1. The molecule has 24 heavy (non-hydrogen) atoms. The third-order valence-corrected chi connectivity index (χ3v) is 3.67. The molecule has 2 aromatic rings. The van der Waals surface area contributed by atoms with E-state index in [4.69, 9.17) is 9.47 Å². The molecule has 2 rings (SSSR count). The second kappa shape index (κ2) is 6.24. The number of ether oxygens (including phenoxy) is 2. The van der Waals surface area contributed by atoms with Crippen molar-refractivity contribution in [1.82, 2.24) is 4.57 Å². The van der Waals surface area contributed by atoms with E-state index in [1.54, 1.807) is 59.7 Å². The minimum Gasteiger partial charge on any atom is -0.455 e. The molecule has 0 amide bonds. The van der Waals surface area contributed by atoms with Gasteiger partial charge in [0.2, 0.25) is 0 Å². The maximum Gasteiger partial charge on any atom is 0.419 e. The standard InChI is InChI=1S/C18H22BrNO4/c1-17(2,3)23-15(21)14-10-11-12(19)8-7-9-13(11)20(14)16(22)24-18(4,5)6/h7-10H,1-6H3. The van der Waals surface area contributed by atoms with Gasteiger partial charge in [-0.3, -0.25) is 0 Å². The number of halogens is 1. The van der Waals surface area contributed by atoms with Gasteiger partial charge in [0.05, 0.1) is 5.52 Å². The predicted octanol–water partition coefficient (Wildman–Crippen LogP) is 5.14. The average Bonchev–Trinajstić information content (AvgIpc) is 2.75. The molecule has 0 N–H and O–H groups in total. The average molecular weight is 396 g/mol. The zero-order valence-corrected chi connectivity index (χ0v) is 16.4. The SMILES string of the molecule is CC(C)(C)OC(=O)c1cc2c(Br)cccc2n1C(=O)OC(C)(C)C. The van der Waals surface area contributed by atoms with E-state index < -0.39 is 23.3 Å². The second-order valence-electron chi connectivity index (χ2n) is 7.52. The van der Waals surface area contributed by atoms with Gasteiger partial charge >= 0.3 is 12.1 Å². The van der Waals surface area contributed by atoms with Gasteiger partial charge in [-0.05, 0) is 59.7 Å². The Hall–Kier alpha value is -1.82. The highest BCUT2D eigenvalue weighted by atomic mass is 79.9. The molecule has 1 aromatic heterocycles. The van der Waals surface area contributed by atoms with Crippen LogP contribution < -0.4 is 0 Å². The van der Waals surface area contributed by atoms with Crippen molar-refractivity contribution in [3.05, 3.63) is 34.4 Å². The van der Waals surface area contributed by atoms with Crippen LogP contribution >= 0.6 is 15.9 Å². The van der Waals surface area contributed by atoms with E-state index in [0.717, 1.165) is 9.86 Å². The first-order chi connectivity index (χ1) is 10.9. The Labute approximate surface area is 150 Å². The lowest BCUT2D eigenvalue weighted by atomic mass is 10.2. The summed E-state index contributed by atoms with van der Waals surface area (Å²) in [5, 5.41) is 0.740. The van der Waals surface area contributed by atoms with Gasteiger partial charge in [0.25, 0.3) is 0 Å². The Bertz CT molecular complexity index is 794. The van der Waals surface area contributed by atoms with Crippen LogP contribution in [0.1, 0.15) is 52.0 Å². The van der Waals surface area contributed by atoms with Crippen LogP contribution in [0.5, 0.6) is 0 Å². The molecule has 0 radical (unpaired) electrons. The highest BCUT2D eigenvalue weighted by molar-refractivity contribution is 9.10. The molecule has 0 spiro atoms. The van der Waals surface area contributed by atoms with Crippen LogP contribution in [0.3, 0.4) is 0 Å². The molecule has 130 valence electrons. The lowest BCUT2D eigenvalue weighted by Gasteiger charge is -2.22. The van der Waals surface area contributed by atoms with Crippen LogP contribution in [0.2, 0.25) is 0 Å². The maximum atomic E-state index is 12.7. The zero-order valence-electron chi connectivity index (χ0n) is 14.8. The van der Waals surface area contributed by atoms with E-state index in [9.17, 15) is 9.59 Å². The lowest BCUT2D eigenvalue weighted by molar-refractivity contribution is 0.00501. The molecule has 0 saturated carbocycles. The largest absolute Gasteiger partial charge is 0.455 e. The Morgan fingerprint density at radius 3 is 2.12 bits per heavy atom. The first-order valence-corrected chi connectivity index (χ1v) is 8.45. The summed E-state index contributed by atoms with van der Waals surface area (Å²) in [6.45, 7) is 10.7. The summed E-state index contributed by atoms with van der Waals surface area (Å²) >= 11 is 3.45. The number of carbonyl (C=O) groups excluding carboxylic acids is 2. The number of rotatable bonds is 1. The minimum absolute atomic E-state index is 0.140. The van der Waals surface area contributed by atoms with Crippen LogP contribution in [-0.2, 0) is 9.47 Å². The topological polar surface area (TPSA) is 57.5 Å². The van der Waals surface area contributed by atoms with E-state index in [1.165, 1.54) is 4.57 Å². The number of benzene rings is 1. The molecule has 5 nitrogen and oxygen atoms in total. The fraction of sp³-hybridized carbons (Fsp3) is 0.444. The summed E-state index contributed by atoms with van der Waals surface area (Å²) in [5.41, 5.74) is -0.616. The molecule has 0 bridgehead atoms. The van der Waals surface area contributed by atoms with Crippen LogP contribution in [0, 0.1) is 0 Å². The lowest BCUT2D eigenvalue weighted by Crippen LogP contribution is -2.31. The van der Waals surface area contributed by atoms with E-state index >= 15 is 0 Å². The molecular weight excluding hydrogens is 374 g/mol. The summed E-state index contributed by atoms with van der Waals surface area (Å²) < 4.78 is 12.9. The van der Waals surface area contributed by atoms with E-state index in [1.807, 2.05) is 6.07 Å². The quantitative estimate of drug-likeness (QED) is 0.626. The highest BCUT2D eigenvalue weighted by Gasteiger charge is 2.28. The van der Waals surface area contributed by atoms with Gasteiger partial charge in [-0.2, -0.15) is 0 Å². The second-order valence-corrected chi connectivity index (χ2v) is 8.37. The fourth-order valence-electron chi connectivity index (χ4n) is 2.18. The van der Waals surface area contributed by atoms with Crippen molar-refractivity contribution in [3.63, 3.8) is 0 Å². The summed E-state index contributed by atoms with van der Waals surface area (Å²) in [6, 6.07) is 7.04. The molecule has 0 aliphatic heterocycles. The Morgan fingerprint density at radius 1 is 1.00 bits per heavy atom. The zero-order chi connectivity index (χ0) is 18.3. The van der Waals surface area contributed by atoms with Crippen LogP contribution in [-0.4, -0.2) is 27.8 Å². The van der Waals surface area contributed by atoms with Gasteiger partial charge in [0, 0.05) is 9.86 Å². The highest BCUT2D eigenvalue weighted by Crippen LogP contribution is 2.29. The fourth-order valence-corrected chi connectivity index (χ4v) is 2.65. The van der Waals surface area contributed by atoms with Gasteiger partial charge < -0.3 is 9.47 Å². The van der Waals surface area contributed by atoms with E-state index in [-0.39, 0.29) is 5.69 Å². The molecule has 0 aliphatic rings. The first-order valence-electron chi connectivity index (χ1n) is 7.66. The summed E-state index contributed by atoms with van der Waals surface area (Å²) in [6.07, 6.45) is -0.614. The van der Waals surface area contributed by atoms with Gasteiger partial charge in [-0.25, -0.2) is 14.2 Å². The number of hydrogen-bond acceptors (Lipinski definition) is 4. The van der Waals surface area contributed by atoms with Crippen molar-refractivity contribution in [2.45, 2.75) is 52.7 Å². The van der Waals surface area contributed by atoms with Crippen LogP contribution in [0.4, 0.5) is 4.79 Å². The third kappa shape index (κ3) is 4.17. The normalized spacial score (nSPS) is 12.3. The van der Waals surface area contributed by atoms with E-state index in [0.29, 0.717) is 5.52 Å². The summed E-state index contributed by atoms with van der Waals surface area (Å²) in [7, 11) is 0. The number of hydrogen-bond donors (Lipinski definition) is 0. The summed E-state index contributed by atoms with van der Waals surface area (Å²) in [5.74, 6) is -0.573. The monoisotopic (exact) mass is 395 g/mol. The minimum atomic E-state index is -0.676. The number of esters is 1. The molecular formula is C18H22BrNO4. The molecule has 1 heterocycles. The predicted molar refractivity (Wildman–Crippen MR) is 96.4 cm³/mol. The number of carbonyl (C=O) groups is 2. The van der Waals surface area contributed by atoms with Gasteiger partial charge in [-0.15, -0.1) is 0 Å². The van der Waals surface area contributed by atoms with Crippen molar-refractivity contribution in [2.75, 3.05) is 0 Å². The Balaban J connectivity index is 2.61. The number of nitrogens with zero attached hydrogens (tertiary/aromatic N) is 1. The maximum absolute atomic E-state index is 12.7. The molecule has 0 fully saturated rings. The smallest absolute Gasteiger partial charge is 0.419 e. The van der Waals surface area contributed by atoms with Crippen molar-refractivity contribution in [3.8, 4) is 0 Å². The Kier molecular flexibility index (Phi) is 4.81. The van der Waals surface area contributed by atoms with Gasteiger partial charge in [-0.1, -0.05) is 22.0 Å². The first kappa shape index (κ1) is 18.5. The van der Waals surface area contributed by atoms with Crippen LogP contribution in [0.15, 0.2) is 28.7 Å². The Morgan fingerprint density at radius 2 is 1.58 bits per heavy atom. The molecule has 0 atom stereocenters. The van der Waals surface area contributed by atoms with Gasteiger partial charge in [0.15, 0.2) is 0 Å². The van der Waals surface area contributed by atoms with Crippen LogP contribution in [0.25, 0.3) is 10.9 Å². The molecule has 1 aromatic carbocycles. The molecule has 6 heteroatoms. The number of aromatic nitrogens is 1. The van der Waals surface area contributed by atoms with E-state index in [2.05, 4.69) is 15.9 Å². The van der Waals surface area contributed by atoms with Crippen molar-refractivity contribution < 1.29 is 19.1 Å². The van der Waals surface area contributed by atoms with Crippen molar-refractivity contribution in [2.24, 2.45) is 0 Å². The summed E-state index contributed by atoms with van der Waals surface area (Å²) in [4.78, 5) is 25.2.